The molecule has 6 nitrogen and oxygen atoms in total. The summed E-state index contributed by atoms with van der Waals surface area (Å²) in [4.78, 5) is 21.4. The summed E-state index contributed by atoms with van der Waals surface area (Å²) in [5.74, 6) is -1.57. The Morgan fingerprint density at radius 2 is 1.38 bits per heavy atom. The fraction of sp³-hybridized carbons (Fsp3) is 0.556. The topological polar surface area (TPSA) is 126 Å². The summed E-state index contributed by atoms with van der Waals surface area (Å²) in [5, 5.41) is 2.83. The van der Waals surface area contributed by atoms with Gasteiger partial charge in [0.25, 0.3) is 5.91 Å². The van der Waals surface area contributed by atoms with Crippen LogP contribution in [-0.4, -0.2) is 36.3 Å². The minimum absolute atomic E-state index is 0. The van der Waals surface area contributed by atoms with E-state index in [-0.39, 0.29) is 43.7 Å². The first-order valence-electron chi connectivity index (χ1n) is 8.98. The molecule has 0 aliphatic heterocycles. The first kappa shape index (κ1) is 34.8. The number of hydrogen-bond acceptors (Lipinski definition) is 3. The molecule has 0 unspecified atom stereocenters. The summed E-state index contributed by atoms with van der Waals surface area (Å²) in [7, 11) is 0. The Balaban J connectivity index is -0.000000562. The lowest BCUT2D eigenvalue weighted by Gasteiger charge is -2.21. The molecular weight excluding hydrogens is 489 g/mol. The van der Waals surface area contributed by atoms with Gasteiger partial charge in [-0.2, -0.15) is 26.3 Å². The van der Waals surface area contributed by atoms with Crippen LogP contribution in [0, 0.1) is 0 Å². The van der Waals surface area contributed by atoms with E-state index in [1.807, 2.05) is 30.3 Å². The van der Waals surface area contributed by atoms with Gasteiger partial charge in [0.05, 0.1) is 6.04 Å². The normalized spacial score (nSPS) is 13.9. The molecule has 1 rings (SSSR count). The van der Waals surface area contributed by atoms with E-state index in [2.05, 4.69) is 11.1 Å². The molecule has 8 N–H and O–H groups in total. The van der Waals surface area contributed by atoms with Crippen molar-refractivity contribution < 1.29 is 54.1 Å². The molecule has 3 atom stereocenters. The fourth-order valence-electron chi connectivity index (χ4n) is 2.24. The summed E-state index contributed by atoms with van der Waals surface area (Å²) in [6.07, 6.45) is -11.2. The number of nitrogens with one attached hydrogen (secondary N) is 1. The number of halogens is 8. The largest absolute Gasteiger partial charge is 1.00 e. The van der Waals surface area contributed by atoms with Crippen molar-refractivity contribution in [2.24, 2.45) is 11.5 Å². The molecule has 2 amide bonds. The van der Waals surface area contributed by atoms with E-state index < -0.39 is 49.1 Å². The quantitative estimate of drug-likeness (QED) is 0.327. The molecule has 0 aliphatic rings. The molecule has 1 aromatic rings. The highest BCUT2D eigenvalue weighted by atomic mass is 35.5. The highest BCUT2D eigenvalue weighted by molar-refractivity contribution is 5.85. The third-order valence-corrected chi connectivity index (χ3v) is 3.99. The van der Waals surface area contributed by atoms with Crippen LogP contribution in [0.4, 0.5) is 26.3 Å². The molecule has 0 saturated carbocycles. The molecular formula is C18H28Cl2F6N4O2. The molecule has 1 aromatic carbocycles. The van der Waals surface area contributed by atoms with E-state index in [1.165, 1.54) is 0 Å². The Morgan fingerprint density at radius 3 is 1.75 bits per heavy atom. The summed E-state index contributed by atoms with van der Waals surface area (Å²) in [6, 6.07) is 6.97. The predicted molar refractivity (Wildman–Crippen MR) is 105 cm³/mol. The number of primary amides is 2. The zero-order valence-electron chi connectivity index (χ0n) is 17.2. The molecule has 32 heavy (non-hydrogen) atoms. The van der Waals surface area contributed by atoms with E-state index >= 15 is 0 Å². The van der Waals surface area contributed by atoms with Crippen molar-refractivity contribution >= 4 is 24.2 Å². The molecule has 0 heterocycles. The number of nitrogens with two attached hydrogens (primary N) is 2. The van der Waals surface area contributed by atoms with Crippen LogP contribution < -0.4 is 34.9 Å². The maximum atomic E-state index is 12.2. The van der Waals surface area contributed by atoms with Crippen LogP contribution in [0.25, 0.3) is 0 Å². The van der Waals surface area contributed by atoms with E-state index in [0.29, 0.717) is 0 Å². The van der Waals surface area contributed by atoms with Crippen LogP contribution in [0.3, 0.4) is 0 Å². The van der Waals surface area contributed by atoms with Crippen molar-refractivity contribution in [2.75, 3.05) is 0 Å². The van der Waals surface area contributed by atoms with Gasteiger partial charge >= 0.3 is 12.4 Å². The fourth-order valence-corrected chi connectivity index (χ4v) is 2.24. The van der Waals surface area contributed by atoms with Crippen molar-refractivity contribution in [2.45, 2.75) is 63.1 Å². The first-order valence-corrected chi connectivity index (χ1v) is 8.98. The highest BCUT2D eigenvalue weighted by Gasteiger charge is 2.31. The second-order valence-electron chi connectivity index (χ2n) is 6.66. The van der Waals surface area contributed by atoms with Crippen molar-refractivity contribution in [3.8, 4) is 0 Å². The molecule has 0 aromatic heterocycles. The van der Waals surface area contributed by atoms with Crippen LogP contribution in [0.2, 0.25) is 0 Å². The Hall–Kier alpha value is -1.76. The summed E-state index contributed by atoms with van der Waals surface area (Å²) < 4.78 is 71.0. The Morgan fingerprint density at radius 1 is 0.938 bits per heavy atom. The summed E-state index contributed by atoms with van der Waals surface area (Å²) in [5.41, 5.74) is 13.9. The first-order chi connectivity index (χ1) is 13.6. The Labute approximate surface area is 194 Å². The van der Waals surface area contributed by atoms with E-state index in [9.17, 15) is 35.9 Å². The minimum atomic E-state index is -4.29. The number of quaternary nitrogens is 1. The van der Waals surface area contributed by atoms with Crippen LogP contribution >= 0.6 is 12.4 Å². The molecule has 14 heteroatoms. The van der Waals surface area contributed by atoms with Crippen LogP contribution in [0.1, 0.15) is 44.2 Å². The Bertz CT molecular complexity index is 663. The number of hydrogen-bond donors (Lipinski definition) is 4. The number of rotatable bonds is 9. The molecule has 0 saturated heterocycles. The van der Waals surface area contributed by atoms with Crippen LogP contribution in [0.15, 0.2) is 30.3 Å². The number of carbonyl (C=O) groups is 2. The number of amides is 2. The van der Waals surface area contributed by atoms with Crippen LogP contribution in [0.5, 0.6) is 0 Å². The lowest BCUT2D eigenvalue weighted by atomic mass is 10.1. The predicted octanol–water partition coefficient (Wildman–Crippen LogP) is -0.616. The molecule has 188 valence electrons. The monoisotopic (exact) mass is 516 g/mol. The van der Waals surface area contributed by atoms with Gasteiger partial charge in [-0.1, -0.05) is 30.3 Å². The second-order valence-corrected chi connectivity index (χ2v) is 6.66. The van der Waals surface area contributed by atoms with Crippen molar-refractivity contribution in [3.05, 3.63) is 35.9 Å². The lowest BCUT2D eigenvalue weighted by molar-refractivity contribution is -0.406. The van der Waals surface area contributed by atoms with Gasteiger partial charge in [0.15, 0.2) is 6.04 Å². The third kappa shape index (κ3) is 17.9. The zero-order chi connectivity index (χ0) is 23.5. The van der Waals surface area contributed by atoms with Gasteiger partial charge in [0.2, 0.25) is 5.91 Å². The smallest absolute Gasteiger partial charge is 0.389 e. The summed E-state index contributed by atoms with van der Waals surface area (Å²) >= 11 is 0. The maximum absolute atomic E-state index is 12.2. The SMILES string of the molecule is C[C@@H](N[C@H](CCC(F)(F)F)C(N)=O)c1ccccc1.Cl.NC(=O)[C@H]([NH3+])CCC(F)(F)F.[Cl-]. The van der Waals surface area contributed by atoms with Crippen molar-refractivity contribution in [1.29, 1.82) is 0 Å². The lowest BCUT2D eigenvalue weighted by Crippen LogP contribution is -3.00. The number of carbonyl (C=O) groups excluding carboxylic acids is 2. The Kier molecular flexibility index (Phi) is 17.4. The average Bonchev–Trinajstić information content (AvgIpc) is 2.62. The second kappa shape index (κ2) is 15.9. The molecule has 0 radical (unpaired) electrons. The van der Waals surface area contributed by atoms with Gasteiger partial charge in [-0.3, -0.25) is 14.9 Å². The van der Waals surface area contributed by atoms with Gasteiger partial charge in [0, 0.05) is 25.3 Å². The van der Waals surface area contributed by atoms with Crippen LogP contribution in [-0.2, 0) is 9.59 Å². The minimum Gasteiger partial charge on any atom is -1.00 e. The van der Waals surface area contributed by atoms with Gasteiger partial charge in [-0.15, -0.1) is 12.4 Å². The molecule has 0 fully saturated rings. The van der Waals surface area contributed by atoms with Gasteiger partial charge in [0.1, 0.15) is 0 Å². The van der Waals surface area contributed by atoms with Crippen molar-refractivity contribution in [3.63, 3.8) is 0 Å². The standard InChI is InChI=1S/C13H17F3N2O.C5H9F3N2O.2ClH/c1-9(10-5-3-2-4-6-10)18-11(12(17)19)7-8-13(14,15)16;6-5(7,8)2-1-3(9)4(10)11;;/h2-6,9,11,18H,7-8H2,1H3,(H2,17,19);3H,1-2,9H2,(H2,10,11);2*1H/t9-,11-;3-;;/m11../s1. The molecule has 0 bridgehead atoms. The highest BCUT2D eigenvalue weighted by Crippen LogP contribution is 2.23. The average molecular weight is 517 g/mol. The number of alkyl halides is 6. The van der Waals surface area contributed by atoms with Gasteiger partial charge in [-0.05, 0) is 18.9 Å². The van der Waals surface area contributed by atoms with Crippen molar-refractivity contribution in [1.82, 2.24) is 5.32 Å². The maximum Gasteiger partial charge on any atom is 0.389 e. The van der Waals surface area contributed by atoms with E-state index in [4.69, 9.17) is 11.5 Å². The van der Waals surface area contributed by atoms with Gasteiger partial charge < -0.3 is 29.6 Å². The van der Waals surface area contributed by atoms with E-state index in [1.54, 1.807) is 6.92 Å². The molecule has 0 spiro atoms. The molecule has 0 aliphatic carbocycles. The third-order valence-electron chi connectivity index (χ3n) is 3.99. The van der Waals surface area contributed by atoms with E-state index in [0.717, 1.165) is 5.56 Å². The number of benzene rings is 1. The zero-order valence-corrected chi connectivity index (χ0v) is 18.8. The summed E-state index contributed by atoms with van der Waals surface area (Å²) in [6.45, 7) is 1.78. The van der Waals surface area contributed by atoms with Gasteiger partial charge in [-0.25, -0.2) is 0 Å².